The van der Waals surface area contributed by atoms with Crippen molar-refractivity contribution in [2.45, 2.75) is 236 Å². The number of aliphatic hydroxyl groups excluding tert-OH is 3. The molecule has 0 radical (unpaired) electrons. The van der Waals surface area contributed by atoms with E-state index in [0.29, 0.717) is 55.8 Å². The number of carboxylic acid groups (broad SMARTS) is 3. The van der Waals surface area contributed by atoms with Gasteiger partial charge < -0.3 is 35.4 Å². The minimum Gasteiger partial charge on any atom is -0.481 e. The van der Waals surface area contributed by atoms with Crippen LogP contribution in [0.1, 0.15) is 231 Å². The number of aliphatic hydroxyl groups is 3. The molecular formula is C48H98O11. The molecule has 0 aromatic carbocycles. The van der Waals surface area contributed by atoms with E-state index in [1.807, 2.05) is 6.92 Å². The molecule has 0 heterocycles. The minimum atomic E-state index is -0.677. The number of carbonyl (C=O) groups is 4. The number of hydrogen-bond donors (Lipinski definition) is 6. The first-order valence-corrected chi connectivity index (χ1v) is 23.4. The van der Waals surface area contributed by atoms with Crippen LogP contribution < -0.4 is 0 Å². The summed E-state index contributed by atoms with van der Waals surface area (Å²) >= 11 is 0. The molecule has 0 saturated heterocycles. The van der Waals surface area contributed by atoms with E-state index in [2.05, 4.69) is 76.2 Å². The van der Waals surface area contributed by atoms with Gasteiger partial charge in [0.15, 0.2) is 0 Å². The van der Waals surface area contributed by atoms with Crippen molar-refractivity contribution in [3.63, 3.8) is 0 Å². The highest BCUT2D eigenvalue weighted by molar-refractivity contribution is 5.70. The third-order valence-electron chi connectivity index (χ3n) is 10.7. The van der Waals surface area contributed by atoms with Crippen molar-refractivity contribution >= 4 is 23.9 Å². The fourth-order valence-electron chi connectivity index (χ4n) is 6.11. The molecule has 0 fully saturated rings. The Balaban J connectivity index is -0.000000216. The second-order valence-electron chi connectivity index (χ2n) is 17.4. The van der Waals surface area contributed by atoms with Gasteiger partial charge in [-0.3, -0.25) is 19.2 Å². The van der Waals surface area contributed by atoms with Crippen molar-refractivity contribution in [1.82, 2.24) is 0 Å². The van der Waals surface area contributed by atoms with Gasteiger partial charge in [0.05, 0.1) is 19.8 Å². The summed E-state index contributed by atoms with van der Waals surface area (Å²) in [5.74, 6) is 0.595. The van der Waals surface area contributed by atoms with Gasteiger partial charge in [0, 0.05) is 31.1 Å². The molecule has 0 aromatic rings. The quantitative estimate of drug-likeness (QED) is 0.0286. The van der Waals surface area contributed by atoms with Gasteiger partial charge in [-0.25, -0.2) is 0 Å². The van der Waals surface area contributed by atoms with Gasteiger partial charge in [-0.15, -0.1) is 0 Å². The highest BCUT2D eigenvalue weighted by atomic mass is 16.6. The van der Waals surface area contributed by atoms with E-state index in [1.165, 1.54) is 19.3 Å². The molecular weight excluding hydrogens is 753 g/mol. The lowest BCUT2D eigenvalue weighted by atomic mass is 9.78. The van der Waals surface area contributed by atoms with Crippen LogP contribution in [0.5, 0.6) is 0 Å². The van der Waals surface area contributed by atoms with Gasteiger partial charge in [-0.05, 0) is 81.5 Å². The summed E-state index contributed by atoms with van der Waals surface area (Å²) in [6, 6.07) is 0. The number of aliphatic carboxylic acids is 3. The van der Waals surface area contributed by atoms with Crippen molar-refractivity contribution in [2.75, 3.05) is 19.8 Å². The van der Waals surface area contributed by atoms with E-state index in [1.54, 1.807) is 0 Å². The van der Waals surface area contributed by atoms with Crippen LogP contribution in [0.4, 0.5) is 0 Å². The Labute approximate surface area is 362 Å². The molecule has 0 aromatic heterocycles. The van der Waals surface area contributed by atoms with E-state index in [9.17, 15) is 19.2 Å². The van der Waals surface area contributed by atoms with Crippen LogP contribution in [0.25, 0.3) is 0 Å². The Kier molecular flexibility index (Phi) is 50.6. The molecule has 0 aliphatic rings. The number of hydrogen-bond acceptors (Lipinski definition) is 8. The first kappa shape index (κ1) is 65.9. The van der Waals surface area contributed by atoms with Crippen molar-refractivity contribution in [1.29, 1.82) is 0 Å². The number of esters is 1. The number of unbranched alkanes of at least 4 members (excludes halogenated alkanes) is 6. The summed E-state index contributed by atoms with van der Waals surface area (Å²) in [7, 11) is 0. The maximum Gasteiger partial charge on any atom is 0.306 e. The van der Waals surface area contributed by atoms with Crippen LogP contribution in [0.15, 0.2) is 0 Å². The molecule has 0 spiro atoms. The molecule has 1 unspecified atom stereocenters. The molecule has 0 aliphatic heterocycles. The predicted molar refractivity (Wildman–Crippen MR) is 244 cm³/mol. The summed E-state index contributed by atoms with van der Waals surface area (Å²) < 4.78 is 5.99. The van der Waals surface area contributed by atoms with Gasteiger partial charge in [0.1, 0.15) is 5.60 Å². The van der Waals surface area contributed by atoms with Gasteiger partial charge in [0.2, 0.25) is 0 Å². The van der Waals surface area contributed by atoms with Crippen LogP contribution in [0, 0.1) is 29.1 Å². The topological polar surface area (TPSA) is 199 Å². The highest BCUT2D eigenvalue weighted by Crippen LogP contribution is 2.36. The van der Waals surface area contributed by atoms with Crippen molar-refractivity contribution in [2.24, 2.45) is 29.1 Å². The monoisotopic (exact) mass is 851 g/mol. The molecule has 0 amide bonds. The maximum absolute atomic E-state index is 12.1. The summed E-state index contributed by atoms with van der Waals surface area (Å²) in [5.41, 5.74) is -0.896. The third-order valence-corrected chi connectivity index (χ3v) is 10.7. The Hall–Kier alpha value is -2.24. The van der Waals surface area contributed by atoms with E-state index in [-0.39, 0.29) is 31.4 Å². The largest absolute Gasteiger partial charge is 0.481 e. The van der Waals surface area contributed by atoms with Crippen LogP contribution in [-0.4, -0.2) is 79.9 Å². The summed E-state index contributed by atoms with van der Waals surface area (Å²) in [6.07, 6.45) is 21.0. The third kappa shape index (κ3) is 46.7. The van der Waals surface area contributed by atoms with Crippen LogP contribution in [0.2, 0.25) is 0 Å². The van der Waals surface area contributed by atoms with Crippen LogP contribution >= 0.6 is 0 Å². The molecule has 0 rings (SSSR count). The number of carbonyl (C=O) groups excluding carboxylic acids is 1. The zero-order valence-corrected chi connectivity index (χ0v) is 40.4. The lowest BCUT2D eigenvalue weighted by Gasteiger charge is -2.39. The summed E-state index contributed by atoms with van der Waals surface area (Å²) in [4.78, 5) is 42.3. The molecule has 0 saturated carbocycles. The zero-order chi connectivity index (χ0) is 46.7. The molecule has 11 heteroatoms. The Morgan fingerprint density at radius 1 is 0.458 bits per heavy atom. The Morgan fingerprint density at radius 3 is 1.02 bits per heavy atom. The Morgan fingerprint density at radius 2 is 0.797 bits per heavy atom. The van der Waals surface area contributed by atoms with Gasteiger partial charge in [-0.1, -0.05) is 147 Å². The Bertz CT molecular complexity index is 862. The van der Waals surface area contributed by atoms with E-state index in [4.69, 9.17) is 35.4 Å². The average molecular weight is 851 g/mol. The predicted octanol–water partition coefficient (Wildman–Crippen LogP) is 12.1. The van der Waals surface area contributed by atoms with Gasteiger partial charge in [0.25, 0.3) is 0 Å². The normalized spacial score (nSPS) is 11.6. The van der Waals surface area contributed by atoms with Gasteiger partial charge >= 0.3 is 23.9 Å². The number of rotatable bonds is 31. The van der Waals surface area contributed by atoms with Crippen molar-refractivity contribution in [3.8, 4) is 0 Å². The minimum absolute atomic E-state index is 0.0112. The van der Waals surface area contributed by atoms with Crippen LogP contribution in [0.3, 0.4) is 0 Å². The molecule has 6 N–H and O–H groups in total. The lowest BCUT2D eigenvalue weighted by molar-refractivity contribution is -0.169. The van der Waals surface area contributed by atoms with Crippen LogP contribution in [-0.2, 0) is 23.9 Å². The second-order valence-corrected chi connectivity index (χ2v) is 17.4. The number of ether oxygens (including phenoxy) is 1. The second kappa shape index (κ2) is 45.3. The zero-order valence-electron chi connectivity index (χ0n) is 40.4. The highest BCUT2D eigenvalue weighted by Gasteiger charge is 2.37. The fourth-order valence-corrected chi connectivity index (χ4v) is 6.11. The first-order valence-electron chi connectivity index (χ1n) is 23.4. The molecule has 11 nitrogen and oxygen atoms in total. The standard InChI is InChI=1S/C18H36O2.3C8H16O2.C6H14O3/c1-6-11-13-15-17(19)20-18(9-4,10-5)16(8-3)14-12-7-2;3*1-7(2)5-3-4-6-8(9)10;1-2-6(3-7,4-8)5-9/h16H,6-15H2,1-5H3;3*7H,3-6H2,1-2H3,(H,9,10);7-9H,2-5H2,1H3. The van der Waals surface area contributed by atoms with Crippen molar-refractivity contribution in [3.05, 3.63) is 0 Å². The summed E-state index contributed by atoms with van der Waals surface area (Å²) in [5, 5.41) is 50.8. The smallest absolute Gasteiger partial charge is 0.306 e. The fraction of sp³-hybridized carbons (Fsp3) is 0.917. The van der Waals surface area contributed by atoms with Gasteiger partial charge in [-0.2, -0.15) is 0 Å². The maximum atomic E-state index is 12.1. The van der Waals surface area contributed by atoms with E-state index >= 15 is 0 Å². The molecule has 1 atom stereocenters. The van der Waals surface area contributed by atoms with E-state index < -0.39 is 23.3 Å². The summed E-state index contributed by atoms with van der Waals surface area (Å²) in [6.45, 7) is 25.2. The van der Waals surface area contributed by atoms with E-state index in [0.717, 1.165) is 96.3 Å². The molecule has 59 heavy (non-hydrogen) atoms. The lowest BCUT2D eigenvalue weighted by Crippen LogP contribution is -2.41. The number of carboxylic acids is 3. The molecule has 0 aliphatic carbocycles. The first-order chi connectivity index (χ1) is 27.7. The average Bonchev–Trinajstić information content (AvgIpc) is 3.18. The SMILES string of the molecule is CC(C)CCCCC(=O)O.CC(C)CCCCC(=O)O.CC(C)CCCCC(=O)O.CCC(CO)(CO)CO.CCCCCC(=O)OC(CC)(CC)C(CC)CCCC. The van der Waals surface area contributed by atoms with Crippen molar-refractivity contribution < 1.29 is 54.6 Å². The molecule has 356 valence electrons. The molecule has 0 bridgehead atoms.